The Morgan fingerprint density at radius 2 is 1.62 bits per heavy atom. The zero-order valence-electron chi connectivity index (χ0n) is 13.9. The highest BCUT2D eigenvalue weighted by Gasteiger charge is 2.64. The molecule has 3 nitrogen and oxygen atoms in total. The number of rotatable bonds is 2. The lowest BCUT2D eigenvalue weighted by Crippen LogP contribution is -2.33. The predicted molar refractivity (Wildman–Crippen MR) is 101 cm³/mol. The largest absolute Gasteiger partial charge is 0.274 e. The average molecular weight is 386 g/mol. The van der Waals surface area contributed by atoms with Crippen LogP contribution < -0.4 is 4.90 Å². The van der Waals surface area contributed by atoms with Crippen molar-refractivity contribution < 1.29 is 9.59 Å². The quantitative estimate of drug-likeness (QED) is 0.687. The van der Waals surface area contributed by atoms with Crippen molar-refractivity contribution in [3.05, 3.63) is 64.1 Å². The third-order valence-electron chi connectivity index (χ3n) is 6.39. The molecule has 0 N–H and O–H groups in total. The Morgan fingerprint density at radius 1 is 0.885 bits per heavy atom. The van der Waals surface area contributed by atoms with Crippen LogP contribution in [-0.2, 0) is 9.59 Å². The molecule has 26 heavy (non-hydrogen) atoms. The molecular formula is C21H17Cl2NO2. The Labute approximate surface area is 161 Å². The minimum atomic E-state index is -0.235. The molecule has 3 fully saturated rings. The highest BCUT2D eigenvalue weighted by Crippen LogP contribution is 2.62. The monoisotopic (exact) mass is 385 g/mol. The van der Waals surface area contributed by atoms with Crippen LogP contribution in [0.2, 0.25) is 10.0 Å². The Bertz CT molecular complexity index is 913. The molecule has 1 saturated heterocycles. The molecule has 5 rings (SSSR count). The molecule has 2 aromatic rings. The van der Waals surface area contributed by atoms with Gasteiger partial charge in [-0.2, -0.15) is 0 Å². The fourth-order valence-corrected chi connectivity index (χ4v) is 5.81. The topological polar surface area (TPSA) is 37.4 Å². The summed E-state index contributed by atoms with van der Waals surface area (Å²) in [5.74, 6) is 0.194. The second-order valence-electron chi connectivity index (χ2n) is 7.57. The van der Waals surface area contributed by atoms with E-state index in [1.807, 2.05) is 18.2 Å². The highest BCUT2D eigenvalue weighted by molar-refractivity contribution is 6.37. The van der Waals surface area contributed by atoms with E-state index in [0.717, 1.165) is 12.8 Å². The van der Waals surface area contributed by atoms with E-state index < -0.39 is 0 Å². The van der Waals surface area contributed by atoms with Gasteiger partial charge >= 0.3 is 0 Å². The number of carbonyl (C=O) groups is 2. The molecule has 0 radical (unpaired) electrons. The summed E-state index contributed by atoms with van der Waals surface area (Å²) in [6, 6.07) is 15.3. The van der Waals surface area contributed by atoms with Gasteiger partial charge in [0.2, 0.25) is 11.8 Å². The lowest BCUT2D eigenvalue weighted by molar-refractivity contribution is -0.123. The Kier molecular flexibility index (Phi) is 3.67. The van der Waals surface area contributed by atoms with E-state index in [-0.39, 0.29) is 35.5 Å². The molecule has 0 aromatic heterocycles. The number of hydrogen-bond donors (Lipinski definition) is 0. The van der Waals surface area contributed by atoms with E-state index in [1.165, 1.54) is 10.5 Å². The second-order valence-corrected chi connectivity index (χ2v) is 8.42. The van der Waals surface area contributed by atoms with Gasteiger partial charge < -0.3 is 0 Å². The van der Waals surface area contributed by atoms with Gasteiger partial charge in [0.15, 0.2) is 0 Å². The molecule has 3 aliphatic rings. The zero-order chi connectivity index (χ0) is 18.0. The van der Waals surface area contributed by atoms with Crippen LogP contribution in [0.4, 0.5) is 5.69 Å². The van der Waals surface area contributed by atoms with Gasteiger partial charge in [0.1, 0.15) is 0 Å². The summed E-state index contributed by atoms with van der Waals surface area (Å²) in [7, 11) is 0. The summed E-state index contributed by atoms with van der Waals surface area (Å²) in [5.41, 5.74) is 1.69. The first kappa shape index (κ1) is 16.3. The molecule has 2 saturated carbocycles. The summed E-state index contributed by atoms with van der Waals surface area (Å²) in [6.45, 7) is 0. The number of halogens is 2. The number of hydrogen-bond acceptors (Lipinski definition) is 2. The number of fused-ring (bicyclic) bond motifs is 5. The van der Waals surface area contributed by atoms with E-state index in [1.54, 1.807) is 18.2 Å². The molecule has 5 heteroatoms. The Hall–Kier alpha value is -1.84. The van der Waals surface area contributed by atoms with Gasteiger partial charge in [-0.15, -0.1) is 0 Å². The Morgan fingerprint density at radius 3 is 2.38 bits per heavy atom. The predicted octanol–water partition coefficient (Wildman–Crippen LogP) is 4.92. The van der Waals surface area contributed by atoms with Gasteiger partial charge in [0.05, 0.1) is 22.5 Å². The maximum Gasteiger partial charge on any atom is 0.238 e. The van der Waals surface area contributed by atoms with Gasteiger partial charge in [-0.05, 0) is 54.4 Å². The van der Waals surface area contributed by atoms with Gasteiger partial charge in [0, 0.05) is 5.02 Å². The molecule has 2 amide bonds. The van der Waals surface area contributed by atoms with E-state index in [0.29, 0.717) is 21.7 Å². The molecule has 132 valence electrons. The van der Waals surface area contributed by atoms with Crippen molar-refractivity contribution in [1.29, 1.82) is 0 Å². The summed E-state index contributed by atoms with van der Waals surface area (Å²) >= 11 is 12.3. The van der Waals surface area contributed by atoms with E-state index in [9.17, 15) is 9.59 Å². The van der Waals surface area contributed by atoms with Crippen LogP contribution in [0.15, 0.2) is 48.5 Å². The van der Waals surface area contributed by atoms with Crippen molar-refractivity contribution in [2.45, 2.75) is 18.8 Å². The molecular weight excluding hydrogens is 369 g/mol. The van der Waals surface area contributed by atoms with Crippen molar-refractivity contribution in [2.75, 3.05) is 4.90 Å². The molecule has 0 unspecified atom stereocenters. The van der Waals surface area contributed by atoms with Crippen LogP contribution in [0.3, 0.4) is 0 Å². The van der Waals surface area contributed by atoms with Crippen molar-refractivity contribution in [3.63, 3.8) is 0 Å². The first-order valence-electron chi connectivity index (χ1n) is 8.94. The first-order chi connectivity index (χ1) is 12.6. The van der Waals surface area contributed by atoms with Crippen LogP contribution in [0.5, 0.6) is 0 Å². The third kappa shape index (κ3) is 2.20. The van der Waals surface area contributed by atoms with E-state index in [4.69, 9.17) is 23.2 Å². The lowest BCUT2D eigenvalue weighted by Gasteiger charge is -2.28. The van der Waals surface area contributed by atoms with Gasteiger partial charge in [-0.1, -0.05) is 53.5 Å². The molecule has 0 spiro atoms. The van der Waals surface area contributed by atoms with Crippen LogP contribution in [0.1, 0.15) is 24.3 Å². The minimum absolute atomic E-state index is 0.108. The summed E-state index contributed by atoms with van der Waals surface area (Å²) in [5, 5.41) is 0.843. The van der Waals surface area contributed by atoms with Crippen molar-refractivity contribution in [1.82, 2.24) is 0 Å². The second kappa shape index (κ2) is 5.83. The fourth-order valence-electron chi connectivity index (χ4n) is 5.44. The maximum absolute atomic E-state index is 13.2. The number of nitrogens with zero attached hydrogens (tertiary/aromatic N) is 1. The molecule has 1 heterocycles. The van der Waals surface area contributed by atoms with Gasteiger partial charge in [0.25, 0.3) is 0 Å². The minimum Gasteiger partial charge on any atom is -0.274 e. The van der Waals surface area contributed by atoms with Crippen LogP contribution in [0.25, 0.3) is 0 Å². The smallest absolute Gasteiger partial charge is 0.238 e. The average Bonchev–Trinajstić information content (AvgIpc) is 3.30. The molecule has 2 bridgehead atoms. The van der Waals surface area contributed by atoms with Gasteiger partial charge in [-0.3, -0.25) is 9.59 Å². The lowest BCUT2D eigenvalue weighted by atomic mass is 9.73. The van der Waals surface area contributed by atoms with E-state index >= 15 is 0 Å². The Balaban J connectivity index is 1.52. The molecule has 1 aliphatic heterocycles. The number of anilines is 1. The molecule has 2 aromatic carbocycles. The number of imide groups is 1. The number of benzene rings is 2. The summed E-state index contributed by atoms with van der Waals surface area (Å²) in [6.07, 6.45) is 1.94. The van der Waals surface area contributed by atoms with Crippen LogP contribution >= 0.6 is 23.2 Å². The number of carbonyl (C=O) groups excluding carboxylic acids is 2. The highest BCUT2D eigenvalue weighted by atomic mass is 35.5. The molecule has 2 aliphatic carbocycles. The third-order valence-corrected chi connectivity index (χ3v) is 6.95. The zero-order valence-corrected chi connectivity index (χ0v) is 15.5. The van der Waals surface area contributed by atoms with Crippen LogP contribution in [0, 0.1) is 23.7 Å². The fraction of sp³-hybridized carbons (Fsp3) is 0.333. The van der Waals surface area contributed by atoms with E-state index in [2.05, 4.69) is 12.1 Å². The number of amides is 2. The summed E-state index contributed by atoms with van der Waals surface area (Å²) < 4.78 is 0. The SMILES string of the molecule is O=C1[C@H]2[C@H]3C[C@@H]([C@@H]2C(=O)N1c1cc(Cl)ccc1Cl)[C@H](c1ccccc1)C3. The van der Waals surface area contributed by atoms with Gasteiger partial charge in [-0.25, -0.2) is 4.90 Å². The van der Waals surface area contributed by atoms with Crippen molar-refractivity contribution in [3.8, 4) is 0 Å². The standard InChI is InChI=1S/C21H17Cl2NO2/c22-13-6-7-16(23)17(10-13)24-20(25)18-12-8-14(11-4-2-1-3-5-11)15(9-12)19(18)21(24)26/h1-7,10,12,14-15,18-19H,8-9H2/t12-,14+,15-,18+,19+/m1/s1. The normalized spacial score (nSPS) is 32.4. The first-order valence-corrected chi connectivity index (χ1v) is 9.69. The molecule has 5 atom stereocenters. The maximum atomic E-state index is 13.2. The van der Waals surface area contributed by atoms with Crippen LogP contribution in [-0.4, -0.2) is 11.8 Å². The van der Waals surface area contributed by atoms with Crippen molar-refractivity contribution >= 4 is 40.7 Å². The summed E-state index contributed by atoms with van der Waals surface area (Å²) in [4.78, 5) is 27.6. The van der Waals surface area contributed by atoms with Crippen molar-refractivity contribution in [2.24, 2.45) is 23.7 Å².